The Kier molecular flexibility index (Phi) is 7.32. The van der Waals surface area contributed by atoms with E-state index in [2.05, 4.69) is 74.1 Å². The molecule has 0 aliphatic heterocycles. The lowest BCUT2D eigenvalue weighted by atomic mass is 10.0. The highest BCUT2D eigenvalue weighted by atomic mass is 15.0. The second-order valence-corrected chi connectivity index (χ2v) is 6.54. The molecule has 0 aliphatic rings. The Bertz CT molecular complexity index is 548. The van der Waals surface area contributed by atoms with Gasteiger partial charge in [0.25, 0.3) is 0 Å². The van der Waals surface area contributed by atoms with Crippen LogP contribution in [0.2, 0.25) is 0 Å². The topological polar surface area (TPSA) is 3.88 Å². The van der Waals surface area contributed by atoms with E-state index in [0.29, 0.717) is 6.04 Å². The summed E-state index contributed by atoms with van der Waals surface area (Å²) in [5.74, 6) is 0. The lowest BCUT2D eigenvalue weighted by molar-refractivity contribution is -0.714. The number of aryl methyl sites for hydroxylation is 2. The Morgan fingerprint density at radius 3 is 1.87 bits per heavy atom. The fourth-order valence-corrected chi connectivity index (χ4v) is 3.24. The van der Waals surface area contributed by atoms with Crippen LogP contribution in [0.25, 0.3) is 0 Å². The van der Waals surface area contributed by atoms with Crippen LogP contribution in [0.4, 0.5) is 0 Å². The van der Waals surface area contributed by atoms with Gasteiger partial charge in [0.15, 0.2) is 18.4 Å². The van der Waals surface area contributed by atoms with E-state index in [-0.39, 0.29) is 0 Å². The van der Waals surface area contributed by atoms with Crippen LogP contribution in [0.1, 0.15) is 75.6 Å². The summed E-state index contributed by atoms with van der Waals surface area (Å²) in [7, 11) is 0. The number of aromatic nitrogens is 1. The Balaban J connectivity index is 2.33. The molecule has 0 saturated heterocycles. The van der Waals surface area contributed by atoms with Crippen LogP contribution in [0.3, 0.4) is 0 Å². The van der Waals surface area contributed by atoms with Crippen molar-refractivity contribution in [3.8, 4) is 0 Å². The lowest BCUT2D eigenvalue weighted by Gasteiger charge is -2.13. The second kappa shape index (κ2) is 9.50. The molecule has 0 amide bonds. The summed E-state index contributed by atoms with van der Waals surface area (Å²) in [5.41, 5.74) is 4.40. The van der Waals surface area contributed by atoms with Crippen LogP contribution in [0.15, 0.2) is 48.8 Å². The molecule has 124 valence electrons. The van der Waals surface area contributed by atoms with Gasteiger partial charge in [-0.25, -0.2) is 0 Å². The molecule has 0 radical (unpaired) electrons. The highest BCUT2D eigenvalue weighted by Gasteiger charge is 2.20. The van der Waals surface area contributed by atoms with E-state index in [4.69, 9.17) is 0 Å². The Hall–Kier alpha value is -1.63. The fraction of sp³-hybridized carbons (Fsp3) is 0.500. The maximum Gasteiger partial charge on any atom is 0.183 e. The summed E-state index contributed by atoms with van der Waals surface area (Å²) in [4.78, 5) is 0. The zero-order valence-corrected chi connectivity index (χ0v) is 15.1. The van der Waals surface area contributed by atoms with E-state index in [1.807, 2.05) is 0 Å². The minimum atomic E-state index is 0.443. The molecular formula is C22H32N+. The van der Waals surface area contributed by atoms with Crippen molar-refractivity contribution in [2.75, 3.05) is 0 Å². The van der Waals surface area contributed by atoms with Crippen LogP contribution in [-0.4, -0.2) is 0 Å². The first-order valence-electron chi connectivity index (χ1n) is 9.37. The molecule has 1 atom stereocenters. The maximum atomic E-state index is 2.46. The van der Waals surface area contributed by atoms with Gasteiger partial charge in [0.2, 0.25) is 0 Å². The van der Waals surface area contributed by atoms with E-state index in [0.717, 1.165) is 6.42 Å². The lowest BCUT2D eigenvalue weighted by Crippen LogP contribution is -2.40. The molecule has 1 nitrogen and oxygen atoms in total. The molecule has 1 unspecified atom stereocenters. The van der Waals surface area contributed by atoms with Gasteiger partial charge < -0.3 is 0 Å². The zero-order valence-electron chi connectivity index (χ0n) is 15.1. The van der Waals surface area contributed by atoms with Crippen LogP contribution in [-0.2, 0) is 12.8 Å². The number of benzene rings is 1. The van der Waals surface area contributed by atoms with E-state index < -0.39 is 0 Å². The largest absolute Gasteiger partial charge is 0.198 e. The van der Waals surface area contributed by atoms with Gasteiger partial charge >= 0.3 is 0 Å². The van der Waals surface area contributed by atoms with Crippen molar-refractivity contribution in [3.63, 3.8) is 0 Å². The van der Waals surface area contributed by atoms with Gasteiger partial charge in [-0.15, -0.1) is 0 Å². The standard InChI is InChI=1S/C22H32N/c1-4-7-12-19-16-20(13-8-5-2)18-23(17-19)22(6-3)21-14-10-9-11-15-21/h9-11,14-18,22H,4-8,12-13H2,1-3H3/q+1. The predicted octanol–water partition coefficient (Wildman–Crippen LogP) is 5.66. The van der Waals surface area contributed by atoms with Crippen LogP contribution < -0.4 is 4.57 Å². The summed E-state index contributed by atoms with van der Waals surface area (Å²) in [6, 6.07) is 13.8. The highest BCUT2D eigenvalue weighted by Crippen LogP contribution is 2.18. The van der Waals surface area contributed by atoms with E-state index >= 15 is 0 Å². The van der Waals surface area contributed by atoms with Gasteiger partial charge in [-0.1, -0.05) is 63.9 Å². The summed E-state index contributed by atoms with van der Waals surface area (Å²) in [6.45, 7) is 6.83. The van der Waals surface area contributed by atoms with Crippen molar-refractivity contribution in [2.24, 2.45) is 0 Å². The molecule has 2 rings (SSSR count). The monoisotopic (exact) mass is 310 g/mol. The predicted molar refractivity (Wildman–Crippen MR) is 98.7 cm³/mol. The summed E-state index contributed by atoms with van der Waals surface area (Å²) in [6.07, 6.45) is 13.4. The Morgan fingerprint density at radius 1 is 0.826 bits per heavy atom. The Labute approximate surface area is 142 Å². The summed E-state index contributed by atoms with van der Waals surface area (Å²) in [5, 5.41) is 0. The smallest absolute Gasteiger partial charge is 0.183 e. The minimum Gasteiger partial charge on any atom is -0.198 e. The summed E-state index contributed by atoms with van der Waals surface area (Å²) >= 11 is 0. The third-order valence-corrected chi connectivity index (χ3v) is 4.57. The number of pyridine rings is 1. The normalized spacial score (nSPS) is 12.3. The molecule has 1 heteroatoms. The third kappa shape index (κ3) is 5.20. The van der Waals surface area contributed by atoms with Gasteiger partial charge in [-0.05, 0) is 31.7 Å². The molecule has 0 fully saturated rings. The van der Waals surface area contributed by atoms with Crippen molar-refractivity contribution in [1.82, 2.24) is 0 Å². The molecule has 0 saturated carbocycles. The summed E-state index contributed by atoms with van der Waals surface area (Å²) < 4.78 is 2.46. The van der Waals surface area contributed by atoms with E-state index in [9.17, 15) is 0 Å². The van der Waals surface area contributed by atoms with Gasteiger partial charge in [0.1, 0.15) is 0 Å². The molecule has 23 heavy (non-hydrogen) atoms. The van der Waals surface area contributed by atoms with Gasteiger partial charge in [0.05, 0.1) is 0 Å². The van der Waals surface area contributed by atoms with Crippen molar-refractivity contribution in [1.29, 1.82) is 0 Å². The number of hydrogen-bond acceptors (Lipinski definition) is 0. The molecule has 1 aromatic heterocycles. The molecule has 1 heterocycles. The number of rotatable bonds is 9. The maximum absolute atomic E-state index is 2.46. The average Bonchev–Trinajstić information content (AvgIpc) is 2.60. The van der Waals surface area contributed by atoms with E-state index in [1.54, 1.807) is 0 Å². The first-order chi connectivity index (χ1) is 11.3. The molecule has 0 bridgehead atoms. The van der Waals surface area contributed by atoms with Crippen molar-refractivity contribution >= 4 is 0 Å². The third-order valence-electron chi connectivity index (χ3n) is 4.57. The second-order valence-electron chi connectivity index (χ2n) is 6.54. The molecule has 2 aromatic rings. The molecule has 1 aromatic carbocycles. The average molecular weight is 311 g/mol. The fourth-order valence-electron chi connectivity index (χ4n) is 3.24. The van der Waals surface area contributed by atoms with Gasteiger partial charge in [-0.3, -0.25) is 0 Å². The minimum absolute atomic E-state index is 0.443. The van der Waals surface area contributed by atoms with Crippen molar-refractivity contribution in [2.45, 2.75) is 71.8 Å². The molecule has 0 aliphatic carbocycles. The van der Waals surface area contributed by atoms with Crippen LogP contribution in [0.5, 0.6) is 0 Å². The van der Waals surface area contributed by atoms with Crippen LogP contribution in [0, 0.1) is 0 Å². The van der Waals surface area contributed by atoms with E-state index in [1.165, 1.54) is 55.2 Å². The van der Waals surface area contributed by atoms with Crippen molar-refractivity contribution < 1.29 is 4.57 Å². The first kappa shape index (κ1) is 17.7. The molecular weight excluding hydrogens is 278 g/mol. The van der Waals surface area contributed by atoms with Gasteiger partial charge in [-0.2, -0.15) is 4.57 Å². The number of unbranched alkanes of at least 4 members (excludes halogenated alkanes) is 2. The molecule has 0 N–H and O–H groups in total. The number of hydrogen-bond donors (Lipinski definition) is 0. The van der Waals surface area contributed by atoms with Gasteiger partial charge in [0, 0.05) is 23.1 Å². The van der Waals surface area contributed by atoms with Crippen molar-refractivity contribution in [3.05, 3.63) is 65.5 Å². The SMILES string of the molecule is CCCCc1cc(CCCC)c[n+](C(CC)c2ccccc2)c1. The zero-order chi connectivity index (χ0) is 16.5. The number of nitrogens with zero attached hydrogens (tertiary/aromatic N) is 1. The molecule has 0 spiro atoms. The quantitative estimate of drug-likeness (QED) is 0.526. The highest BCUT2D eigenvalue weighted by molar-refractivity contribution is 5.19. The first-order valence-corrected chi connectivity index (χ1v) is 9.37. The Morgan fingerprint density at radius 2 is 1.39 bits per heavy atom. The van der Waals surface area contributed by atoms with Crippen LogP contribution >= 0.6 is 0 Å².